The van der Waals surface area contributed by atoms with E-state index in [2.05, 4.69) is 0 Å². The van der Waals surface area contributed by atoms with E-state index < -0.39 is 0 Å². The highest BCUT2D eigenvalue weighted by molar-refractivity contribution is 6.07. The van der Waals surface area contributed by atoms with Crippen molar-refractivity contribution in [2.45, 2.75) is 12.3 Å². The average molecular weight is 250 g/mol. The SMILES string of the molecule is O=C1CC(c2ccccc2)C(c2ccccc2)=C1O. The molecule has 2 aromatic carbocycles. The van der Waals surface area contributed by atoms with Crippen molar-refractivity contribution >= 4 is 11.4 Å². The van der Waals surface area contributed by atoms with Crippen LogP contribution in [-0.4, -0.2) is 10.9 Å². The highest BCUT2D eigenvalue weighted by atomic mass is 16.3. The number of benzene rings is 2. The first-order valence-corrected chi connectivity index (χ1v) is 6.34. The topological polar surface area (TPSA) is 37.3 Å². The van der Waals surface area contributed by atoms with Crippen molar-refractivity contribution in [2.24, 2.45) is 0 Å². The van der Waals surface area contributed by atoms with Crippen molar-refractivity contribution in [3.8, 4) is 0 Å². The molecule has 0 saturated heterocycles. The predicted octanol–water partition coefficient (Wildman–Crippen LogP) is 3.71. The molecule has 0 spiro atoms. The molecule has 0 bridgehead atoms. The van der Waals surface area contributed by atoms with Crippen molar-refractivity contribution in [2.75, 3.05) is 0 Å². The summed E-state index contributed by atoms with van der Waals surface area (Å²) in [4.78, 5) is 11.8. The normalized spacial score (nSPS) is 18.9. The van der Waals surface area contributed by atoms with Gasteiger partial charge >= 0.3 is 0 Å². The molecule has 0 aliphatic heterocycles. The third-order valence-corrected chi connectivity index (χ3v) is 3.54. The molecular formula is C17H14O2. The quantitative estimate of drug-likeness (QED) is 0.882. The molecular weight excluding hydrogens is 236 g/mol. The van der Waals surface area contributed by atoms with Gasteiger partial charge in [0, 0.05) is 17.9 Å². The lowest BCUT2D eigenvalue weighted by atomic mass is 9.88. The van der Waals surface area contributed by atoms with Crippen LogP contribution >= 0.6 is 0 Å². The number of allylic oxidation sites excluding steroid dienone is 2. The first-order valence-electron chi connectivity index (χ1n) is 6.34. The van der Waals surface area contributed by atoms with Gasteiger partial charge < -0.3 is 5.11 Å². The Balaban J connectivity index is 2.10. The molecule has 1 N–H and O–H groups in total. The minimum Gasteiger partial charge on any atom is -0.504 e. The van der Waals surface area contributed by atoms with Crippen LogP contribution in [0.1, 0.15) is 23.5 Å². The number of ketones is 1. The number of Topliss-reactive ketones (excluding diaryl/α,β-unsaturated/α-hetero) is 1. The van der Waals surface area contributed by atoms with E-state index in [0.29, 0.717) is 6.42 Å². The van der Waals surface area contributed by atoms with E-state index in [1.165, 1.54) is 0 Å². The molecule has 0 heterocycles. The number of rotatable bonds is 2. The molecule has 3 rings (SSSR count). The van der Waals surface area contributed by atoms with Crippen molar-refractivity contribution in [1.29, 1.82) is 0 Å². The van der Waals surface area contributed by atoms with E-state index >= 15 is 0 Å². The van der Waals surface area contributed by atoms with Crippen LogP contribution in [-0.2, 0) is 4.79 Å². The number of carbonyl (C=O) groups is 1. The van der Waals surface area contributed by atoms with Crippen LogP contribution in [0.25, 0.3) is 5.57 Å². The fraction of sp³-hybridized carbons (Fsp3) is 0.118. The molecule has 0 fully saturated rings. The smallest absolute Gasteiger partial charge is 0.198 e. The molecule has 0 amide bonds. The zero-order chi connectivity index (χ0) is 13.2. The number of hydrogen-bond donors (Lipinski definition) is 1. The maximum Gasteiger partial charge on any atom is 0.198 e. The van der Waals surface area contributed by atoms with E-state index in [4.69, 9.17) is 0 Å². The molecule has 2 aromatic rings. The third-order valence-electron chi connectivity index (χ3n) is 3.54. The van der Waals surface area contributed by atoms with Gasteiger partial charge in [0.05, 0.1) is 0 Å². The van der Waals surface area contributed by atoms with Gasteiger partial charge in [0.15, 0.2) is 11.5 Å². The van der Waals surface area contributed by atoms with E-state index in [1.54, 1.807) is 0 Å². The Bertz CT molecular complexity index is 627. The summed E-state index contributed by atoms with van der Waals surface area (Å²) in [6.07, 6.45) is 0.347. The van der Waals surface area contributed by atoms with Crippen LogP contribution in [0.2, 0.25) is 0 Å². The monoisotopic (exact) mass is 250 g/mol. The Kier molecular flexibility index (Phi) is 2.92. The minimum atomic E-state index is -0.173. The molecule has 0 saturated carbocycles. The van der Waals surface area contributed by atoms with E-state index in [1.807, 2.05) is 60.7 Å². The summed E-state index contributed by atoms with van der Waals surface area (Å²) in [6, 6.07) is 19.5. The highest BCUT2D eigenvalue weighted by Crippen LogP contribution is 2.42. The van der Waals surface area contributed by atoms with Gasteiger partial charge in [-0.1, -0.05) is 60.7 Å². The van der Waals surface area contributed by atoms with E-state index in [-0.39, 0.29) is 17.5 Å². The van der Waals surface area contributed by atoms with Crippen LogP contribution in [0.5, 0.6) is 0 Å². The number of carbonyl (C=O) groups excluding carboxylic acids is 1. The van der Waals surface area contributed by atoms with Crippen LogP contribution in [0, 0.1) is 0 Å². The summed E-state index contributed by atoms with van der Waals surface area (Å²) >= 11 is 0. The summed E-state index contributed by atoms with van der Waals surface area (Å²) in [5, 5.41) is 10.1. The van der Waals surface area contributed by atoms with Gasteiger partial charge in [-0.15, -0.1) is 0 Å². The van der Waals surface area contributed by atoms with Crippen molar-refractivity contribution in [1.82, 2.24) is 0 Å². The van der Waals surface area contributed by atoms with Crippen molar-refractivity contribution in [3.63, 3.8) is 0 Å². The largest absolute Gasteiger partial charge is 0.504 e. The molecule has 1 aliphatic carbocycles. The van der Waals surface area contributed by atoms with Gasteiger partial charge in [0.2, 0.25) is 0 Å². The second-order valence-corrected chi connectivity index (χ2v) is 4.72. The Morgan fingerprint density at radius 2 is 1.47 bits per heavy atom. The summed E-state index contributed by atoms with van der Waals surface area (Å²) in [6.45, 7) is 0. The summed E-state index contributed by atoms with van der Waals surface area (Å²) in [5.41, 5.74) is 2.73. The molecule has 2 nitrogen and oxygen atoms in total. The summed E-state index contributed by atoms with van der Waals surface area (Å²) in [7, 11) is 0. The zero-order valence-corrected chi connectivity index (χ0v) is 10.4. The Hall–Kier alpha value is -2.35. The first kappa shape index (κ1) is 11.7. The van der Waals surface area contributed by atoms with E-state index in [9.17, 15) is 9.90 Å². The van der Waals surface area contributed by atoms with Crippen LogP contribution in [0.4, 0.5) is 0 Å². The second kappa shape index (κ2) is 4.73. The van der Waals surface area contributed by atoms with Gasteiger partial charge in [-0.25, -0.2) is 0 Å². The van der Waals surface area contributed by atoms with Gasteiger partial charge in [-0.3, -0.25) is 4.79 Å². The number of aliphatic hydroxyl groups excluding tert-OH is 1. The fourth-order valence-electron chi connectivity index (χ4n) is 2.62. The van der Waals surface area contributed by atoms with Crippen molar-refractivity contribution < 1.29 is 9.90 Å². The van der Waals surface area contributed by atoms with Crippen molar-refractivity contribution in [3.05, 3.63) is 77.5 Å². The van der Waals surface area contributed by atoms with Gasteiger partial charge in [-0.05, 0) is 11.1 Å². The number of aliphatic hydroxyl groups is 1. The Morgan fingerprint density at radius 1 is 0.895 bits per heavy atom. The Labute approximate surface area is 112 Å². The van der Waals surface area contributed by atoms with Crippen LogP contribution in [0.15, 0.2) is 66.4 Å². The zero-order valence-electron chi connectivity index (χ0n) is 10.4. The molecule has 94 valence electrons. The lowest BCUT2D eigenvalue weighted by molar-refractivity contribution is -0.117. The maximum absolute atomic E-state index is 11.8. The molecule has 0 aromatic heterocycles. The van der Waals surface area contributed by atoms with Gasteiger partial charge in [0.1, 0.15) is 0 Å². The minimum absolute atomic E-state index is 0.0453. The lowest BCUT2D eigenvalue weighted by Crippen LogP contribution is -1.99. The van der Waals surface area contributed by atoms with Gasteiger partial charge in [0.25, 0.3) is 0 Å². The lowest BCUT2D eigenvalue weighted by Gasteiger charge is -2.14. The van der Waals surface area contributed by atoms with E-state index in [0.717, 1.165) is 16.7 Å². The highest BCUT2D eigenvalue weighted by Gasteiger charge is 2.33. The van der Waals surface area contributed by atoms with Crippen LogP contribution < -0.4 is 0 Å². The molecule has 1 aliphatic rings. The van der Waals surface area contributed by atoms with Gasteiger partial charge in [-0.2, -0.15) is 0 Å². The summed E-state index contributed by atoms with van der Waals surface area (Å²) < 4.78 is 0. The molecule has 1 unspecified atom stereocenters. The van der Waals surface area contributed by atoms with Crippen LogP contribution in [0.3, 0.4) is 0 Å². The fourth-order valence-corrected chi connectivity index (χ4v) is 2.62. The summed E-state index contributed by atoms with van der Waals surface area (Å²) in [5.74, 6) is -0.302. The maximum atomic E-state index is 11.8. The average Bonchev–Trinajstić information content (AvgIpc) is 2.77. The second-order valence-electron chi connectivity index (χ2n) is 4.72. The molecule has 0 radical (unpaired) electrons. The third kappa shape index (κ3) is 2.06. The Morgan fingerprint density at radius 3 is 2.11 bits per heavy atom. The molecule has 2 heteroatoms. The predicted molar refractivity (Wildman–Crippen MR) is 74.8 cm³/mol. The molecule has 19 heavy (non-hydrogen) atoms. The first-order chi connectivity index (χ1) is 9.27. The molecule has 1 atom stereocenters. The number of hydrogen-bond acceptors (Lipinski definition) is 2. The standard InChI is InChI=1S/C17H14O2/c18-15-11-14(12-7-3-1-4-8-12)16(17(15)19)13-9-5-2-6-10-13/h1-10,14,19H,11H2.